The summed E-state index contributed by atoms with van der Waals surface area (Å²) >= 11 is 0. The number of carbonyl (C=O) groups is 1. The third-order valence-corrected chi connectivity index (χ3v) is 6.44. The van der Waals surface area contributed by atoms with Crippen LogP contribution >= 0.6 is 0 Å². The van der Waals surface area contributed by atoms with Crippen molar-refractivity contribution < 1.29 is 13.9 Å². The summed E-state index contributed by atoms with van der Waals surface area (Å²) in [6.45, 7) is 24.8. The summed E-state index contributed by atoms with van der Waals surface area (Å²) in [5.41, 5.74) is 0.692. The number of hydrogen-bond donors (Lipinski definition) is 2. The lowest BCUT2D eigenvalue weighted by Crippen LogP contribution is -2.32. The van der Waals surface area contributed by atoms with Gasteiger partial charge < -0.3 is 20.3 Å². The zero-order valence-electron chi connectivity index (χ0n) is 29.3. The Kier molecular flexibility index (Phi) is 45.7. The number of likely N-dealkylation sites (tertiary alicyclic amines) is 1. The standard InChI is InChI=1S/C14H25NO2.C8H17N.C6H13N.C3H5F.2C2H6/c1-5-7-9-14(16)13(15-3)11-10-12(17-4)8-6-2;1-3-9-6-4-8(2)5-7-9;1-2-4-6-7-5-3-1;1-2-3-4;2*1-2/h8,11,15H,5-7,9-10H2,1-4H3;8H,3-7H2,1-2H3;7H,1-6H2;2-3H,1H3;2*1-2H3/b12-8-,13-11-;;;3-2+;;. The third kappa shape index (κ3) is 34.4. The van der Waals surface area contributed by atoms with Gasteiger partial charge in [-0.05, 0) is 90.2 Å². The Balaban J connectivity index is -0.000000238. The van der Waals surface area contributed by atoms with Gasteiger partial charge in [-0.3, -0.25) is 4.79 Å². The molecule has 5 nitrogen and oxygen atoms in total. The molecule has 2 saturated heterocycles. The summed E-state index contributed by atoms with van der Waals surface area (Å²) in [7, 11) is 3.44. The maximum atomic E-state index is 11.8. The predicted molar refractivity (Wildman–Crippen MR) is 182 cm³/mol. The number of nitrogens with one attached hydrogen (secondary N) is 2. The number of ether oxygens (including phenoxy) is 1. The zero-order valence-corrected chi connectivity index (χ0v) is 29.3. The van der Waals surface area contributed by atoms with Gasteiger partial charge in [0.1, 0.15) is 0 Å². The number of piperidine rings is 1. The van der Waals surface area contributed by atoms with Crippen molar-refractivity contribution in [3.8, 4) is 0 Å². The first kappa shape index (κ1) is 46.3. The Morgan fingerprint density at radius 2 is 1.54 bits per heavy atom. The number of nitrogens with zero attached hydrogens (tertiary/aromatic N) is 1. The van der Waals surface area contributed by atoms with E-state index in [-0.39, 0.29) is 5.78 Å². The molecule has 0 aliphatic carbocycles. The molecule has 2 fully saturated rings. The largest absolute Gasteiger partial charge is 0.501 e. The first-order valence-electron chi connectivity index (χ1n) is 16.7. The molecule has 0 spiro atoms. The molecule has 0 bridgehead atoms. The van der Waals surface area contributed by atoms with Crippen LogP contribution in [-0.2, 0) is 9.53 Å². The summed E-state index contributed by atoms with van der Waals surface area (Å²) in [5.74, 6) is 2.07. The van der Waals surface area contributed by atoms with Gasteiger partial charge in [0.25, 0.3) is 0 Å². The Morgan fingerprint density at radius 3 is 1.93 bits per heavy atom. The van der Waals surface area contributed by atoms with Gasteiger partial charge in [-0.25, -0.2) is 4.39 Å². The van der Waals surface area contributed by atoms with Crippen LogP contribution in [0.3, 0.4) is 0 Å². The number of hydrogen-bond acceptors (Lipinski definition) is 5. The second kappa shape index (κ2) is 40.5. The van der Waals surface area contributed by atoms with Crippen LogP contribution in [0.15, 0.2) is 36.0 Å². The van der Waals surface area contributed by atoms with E-state index in [0.29, 0.717) is 24.9 Å². The van der Waals surface area contributed by atoms with Crippen molar-refractivity contribution in [1.29, 1.82) is 0 Å². The van der Waals surface area contributed by atoms with E-state index < -0.39 is 0 Å². The topological polar surface area (TPSA) is 53.6 Å². The fourth-order valence-corrected chi connectivity index (χ4v) is 3.86. The molecular weight excluding hydrogens is 513 g/mol. The second-order valence-corrected chi connectivity index (χ2v) is 9.62. The van der Waals surface area contributed by atoms with Crippen molar-refractivity contribution in [3.63, 3.8) is 0 Å². The van der Waals surface area contributed by atoms with E-state index in [1.54, 1.807) is 21.1 Å². The molecule has 2 heterocycles. The van der Waals surface area contributed by atoms with Crippen LogP contribution in [-0.4, -0.2) is 57.6 Å². The highest BCUT2D eigenvalue weighted by atomic mass is 19.1. The molecule has 2 aliphatic heterocycles. The number of unbranched alkanes of at least 4 members (excludes halogenated alkanes) is 1. The molecule has 41 heavy (non-hydrogen) atoms. The van der Waals surface area contributed by atoms with Gasteiger partial charge in [-0.15, -0.1) is 0 Å². The second-order valence-electron chi connectivity index (χ2n) is 9.62. The average Bonchev–Trinajstić information content (AvgIpc) is 3.36. The molecule has 0 unspecified atom stereocenters. The van der Waals surface area contributed by atoms with Gasteiger partial charge in [0, 0.05) is 19.9 Å². The van der Waals surface area contributed by atoms with Gasteiger partial charge in [0.2, 0.25) is 0 Å². The Morgan fingerprint density at radius 1 is 1.00 bits per heavy atom. The van der Waals surface area contributed by atoms with Gasteiger partial charge in [0.15, 0.2) is 5.78 Å². The average molecular weight is 586 g/mol. The minimum absolute atomic E-state index is 0.182. The number of ketones is 1. The van der Waals surface area contributed by atoms with Gasteiger partial charge >= 0.3 is 0 Å². The van der Waals surface area contributed by atoms with Crippen LogP contribution in [0, 0.1) is 5.92 Å². The van der Waals surface area contributed by atoms with E-state index >= 15 is 0 Å². The monoisotopic (exact) mass is 586 g/mol. The summed E-state index contributed by atoms with van der Waals surface area (Å²) in [6, 6.07) is 0. The minimum atomic E-state index is 0.182. The lowest BCUT2D eigenvalue weighted by Gasteiger charge is -2.28. The summed E-state index contributed by atoms with van der Waals surface area (Å²) in [6.07, 6.45) is 18.4. The van der Waals surface area contributed by atoms with Crippen molar-refractivity contribution in [2.24, 2.45) is 5.92 Å². The molecule has 2 aliphatic rings. The first-order chi connectivity index (χ1) is 19.9. The summed E-state index contributed by atoms with van der Waals surface area (Å²) < 4.78 is 15.8. The molecular formula is C35H72FN3O2. The van der Waals surface area contributed by atoms with E-state index in [9.17, 15) is 9.18 Å². The summed E-state index contributed by atoms with van der Waals surface area (Å²) in [4.78, 5) is 14.3. The molecule has 246 valence electrons. The normalized spacial score (nSPS) is 15.9. The lowest BCUT2D eigenvalue weighted by atomic mass is 9.99. The maximum absolute atomic E-state index is 11.8. The number of Topliss-reactive ketones (excluding diaryl/α,β-unsaturated/α-hetero) is 1. The number of carbonyl (C=O) groups excluding carboxylic acids is 1. The van der Waals surface area contributed by atoms with Crippen LogP contribution < -0.4 is 10.6 Å². The van der Waals surface area contributed by atoms with Gasteiger partial charge in [-0.1, -0.05) is 86.8 Å². The Labute approximate surface area is 256 Å². The van der Waals surface area contributed by atoms with Crippen molar-refractivity contribution in [3.05, 3.63) is 36.0 Å². The molecule has 6 heteroatoms. The van der Waals surface area contributed by atoms with E-state index in [0.717, 1.165) is 30.9 Å². The van der Waals surface area contributed by atoms with Crippen molar-refractivity contribution in [2.75, 3.05) is 46.9 Å². The first-order valence-corrected chi connectivity index (χ1v) is 16.7. The molecule has 0 aromatic heterocycles. The fourth-order valence-electron chi connectivity index (χ4n) is 3.86. The Bertz CT molecular complexity index is 575. The molecule has 0 saturated carbocycles. The SMILES string of the molecule is C/C=C/F.C1CCCNCC1.CC.CC.CC/C=C(/C/C=C(\NC)C(=O)CCCC)OC.CCN1CCC(C)CC1. The van der Waals surface area contributed by atoms with Crippen LogP contribution in [0.2, 0.25) is 0 Å². The van der Waals surface area contributed by atoms with E-state index in [4.69, 9.17) is 4.74 Å². The van der Waals surface area contributed by atoms with Crippen LogP contribution in [0.4, 0.5) is 4.39 Å². The van der Waals surface area contributed by atoms with Crippen LogP contribution in [0.5, 0.6) is 0 Å². The molecule has 0 amide bonds. The number of likely N-dealkylation sites (N-methyl/N-ethyl adjacent to an activating group) is 1. The summed E-state index contributed by atoms with van der Waals surface area (Å²) in [5, 5.41) is 6.31. The fraction of sp³-hybridized carbons (Fsp3) is 0.800. The van der Waals surface area contributed by atoms with E-state index in [2.05, 4.69) is 43.2 Å². The highest BCUT2D eigenvalue weighted by Crippen LogP contribution is 2.15. The smallest absolute Gasteiger partial charge is 0.178 e. The van der Waals surface area contributed by atoms with E-state index in [1.165, 1.54) is 77.3 Å². The molecule has 0 atom stereocenters. The minimum Gasteiger partial charge on any atom is -0.501 e. The number of methoxy groups -OCH3 is 1. The van der Waals surface area contributed by atoms with Crippen molar-refractivity contribution in [2.45, 2.75) is 133 Å². The Hall–Kier alpha value is -1.66. The number of allylic oxidation sites excluding steroid dienone is 4. The molecule has 0 aromatic rings. The van der Waals surface area contributed by atoms with E-state index in [1.807, 2.05) is 39.8 Å². The van der Waals surface area contributed by atoms with Crippen molar-refractivity contribution in [1.82, 2.24) is 15.5 Å². The number of halogens is 1. The highest BCUT2D eigenvalue weighted by molar-refractivity contribution is 5.94. The van der Waals surface area contributed by atoms with Gasteiger partial charge in [0.05, 0.1) is 24.9 Å². The predicted octanol–water partition coefficient (Wildman–Crippen LogP) is 9.61. The van der Waals surface area contributed by atoms with Gasteiger partial charge in [-0.2, -0.15) is 0 Å². The van der Waals surface area contributed by atoms with Crippen LogP contribution in [0.1, 0.15) is 133 Å². The molecule has 0 aromatic carbocycles. The quantitative estimate of drug-likeness (QED) is 0.197. The third-order valence-electron chi connectivity index (χ3n) is 6.44. The zero-order chi connectivity index (χ0) is 32.2. The molecule has 2 rings (SSSR count). The van der Waals surface area contributed by atoms with Crippen LogP contribution in [0.25, 0.3) is 0 Å². The maximum Gasteiger partial charge on any atom is 0.178 e. The number of rotatable bonds is 10. The van der Waals surface area contributed by atoms with Crippen molar-refractivity contribution >= 4 is 5.78 Å². The lowest BCUT2D eigenvalue weighted by molar-refractivity contribution is -0.116. The molecule has 2 N–H and O–H groups in total. The highest BCUT2D eigenvalue weighted by Gasteiger charge is 2.13. The molecule has 0 radical (unpaired) electrons.